The van der Waals surface area contributed by atoms with Gasteiger partial charge in [-0.3, -0.25) is 4.79 Å². The van der Waals surface area contributed by atoms with Gasteiger partial charge < -0.3 is 10.1 Å². The van der Waals surface area contributed by atoms with Crippen molar-refractivity contribution in [3.63, 3.8) is 0 Å². The van der Waals surface area contributed by atoms with Crippen LogP contribution in [0.15, 0.2) is 40.6 Å². The molecule has 2 aromatic rings. The van der Waals surface area contributed by atoms with Crippen molar-refractivity contribution in [2.75, 3.05) is 31.6 Å². The Hall–Kier alpha value is -1.45. The Kier molecular flexibility index (Phi) is 5.21. The minimum atomic E-state index is -3.72. The quantitative estimate of drug-likeness (QED) is 0.876. The standard InChI is InChI=1S/C15H15ClN2O4S2/c16-11-2-1-3-12(10-11)17-15(19)14-13(4-9-23-14)24(20,21)18-5-7-22-8-6-18/h1-4,9-10H,5-8H2,(H,17,19). The molecule has 0 atom stereocenters. The monoisotopic (exact) mass is 386 g/mol. The van der Waals surface area contributed by atoms with E-state index in [2.05, 4.69) is 5.32 Å². The molecule has 6 nitrogen and oxygen atoms in total. The van der Waals surface area contributed by atoms with Gasteiger partial charge in [-0.05, 0) is 29.6 Å². The van der Waals surface area contributed by atoms with Crippen molar-refractivity contribution in [3.8, 4) is 0 Å². The molecule has 0 spiro atoms. The van der Waals surface area contributed by atoms with Crippen molar-refractivity contribution < 1.29 is 17.9 Å². The Morgan fingerprint density at radius 2 is 2.00 bits per heavy atom. The molecule has 2 heterocycles. The van der Waals surface area contributed by atoms with Gasteiger partial charge >= 0.3 is 0 Å². The van der Waals surface area contributed by atoms with Crippen molar-refractivity contribution in [1.82, 2.24) is 4.31 Å². The van der Waals surface area contributed by atoms with Gasteiger partial charge in [-0.1, -0.05) is 17.7 Å². The van der Waals surface area contributed by atoms with Gasteiger partial charge in [-0.15, -0.1) is 11.3 Å². The van der Waals surface area contributed by atoms with Gasteiger partial charge in [-0.2, -0.15) is 4.31 Å². The number of nitrogens with zero attached hydrogens (tertiary/aromatic N) is 1. The van der Waals surface area contributed by atoms with Crippen molar-refractivity contribution in [3.05, 3.63) is 45.6 Å². The van der Waals surface area contributed by atoms with Crippen LogP contribution in [0.1, 0.15) is 9.67 Å². The third-order valence-corrected chi connectivity index (χ3v) is 6.72. The highest BCUT2D eigenvalue weighted by atomic mass is 35.5. The van der Waals surface area contributed by atoms with E-state index in [0.29, 0.717) is 23.9 Å². The second kappa shape index (κ2) is 7.20. The molecule has 1 fully saturated rings. The van der Waals surface area contributed by atoms with Crippen LogP contribution in [0.25, 0.3) is 0 Å². The lowest BCUT2D eigenvalue weighted by Crippen LogP contribution is -2.41. The van der Waals surface area contributed by atoms with Crippen LogP contribution in [0.3, 0.4) is 0 Å². The number of anilines is 1. The fraction of sp³-hybridized carbons (Fsp3) is 0.267. The van der Waals surface area contributed by atoms with Gasteiger partial charge in [-0.25, -0.2) is 8.42 Å². The number of hydrogen-bond donors (Lipinski definition) is 1. The normalized spacial score (nSPS) is 16.0. The number of thiophene rings is 1. The van der Waals surface area contributed by atoms with E-state index in [1.807, 2.05) is 0 Å². The number of carbonyl (C=O) groups is 1. The highest BCUT2D eigenvalue weighted by Gasteiger charge is 2.31. The largest absolute Gasteiger partial charge is 0.379 e. The van der Waals surface area contributed by atoms with Crippen molar-refractivity contribution in [1.29, 1.82) is 0 Å². The maximum Gasteiger partial charge on any atom is 0.267 e. The highest BCUT2D eigenvalue weighted by Crippen LogP contribution is 2.27. The number of rotatable bonds is 4. The molecule has 0 unspecified atom stereocenters. The van der Waals surface area contributed by atoms with Crippen LogP contribution in [-0.4, -0.2) is 44.9 Å². The maximum atomic E-state index is 12.8. The summed E-state index contributed by atoms with van der Waals surface area (Å²) in [6.07, 6.45) is 0. The van der Waals surface area contributed by atoms with E-state index in [9.17, 15) is 13.2 Å². The molecule has 1 aliphatic rings. The molecule has 1 amide bonds. The number of carbonyl (C=O) groups excluding carboxylic acids is 1. The minimum absolute atomic E-state index is 0.0222. The zero-order chi connectivity index (χ0) is 17.2. The lowest BCUT2D eigenvalue weighted by molar-refractivity contribution is 0.0730. The number of hydrogen-bond acceptors (Lipinski definition) is 5. The second-order valence-corrected chi connectivity index (χ2v) is 8.35. The van der Waals surface area contributed by atoms with Crippen LogP contribution < -0.4 is 5.32 Å². The smallest absolute Gasteiger partial charge is 0.267 e. The number of amides is 1. The zero-order valence-corrected chi connectivity index (χ0v) is 15.0. The molecular weight excluding hydrogens is 372 g/mol. The van der Waals surface area contributed by atoms with E-state index in [1.165, 1.54) is 10.4 Å². The van der Waals surface area contributed by atoms with E-state index in [0.717, 1.165) is 11.3 Å². The lowest BCUT2D eigenvalue weighted by atomic mass is 10.3. The van der Waals surface area contributed by atoms with E-state index in [4.69, 9.17) is 16.3 Å². The Bertz CT molecular complexity index is 845. The summed E-state index contributed by atoms with van der Waals surface area (Å²) in [4.78, 5) is 12.7. The number of sulfonamides is 1. The molecule has 0 aliphatic carbocycles. The third kappa shape index (κ3) is 3.62. The summed E-state index contributed by atoms with van der Waals surface area (Å²) >= 11 is 6.99. The molecule has 128 valence electrons. The summed E-state index contributed by atoms with van der Waals surface area (Å²) in [5, 5.41) is 4.76. The Labute approximate surface area is 149 Å². The van der Waals surface area contributed by atoms with Gasteiger partial charge in [0, 0.05) is 23.8 Å². The maximum absolute atomic E-state index is 12.8. The molecule has 9 heteroatoms. The van der Waals surface area contributed by atoms with Gasteiger partial charge in [0.05, 0.1) is 13.2 Å². The molecule has 1 N–H and O–H groups in total. The van der Waals surface area contributed by atoms with Crippen molar-refractivity contribution in [2.24, 2.45) is 0 Å². The summed E-state index contributed by atoms with van der Waals surface area (Å²) in [6, 6.07) is 8.15. The second-order valence-electron chi connectivity index (χ2n) is 5.09. The minimum Gasteiger partial charge on any atom is -0.379 e. The van der Waals surface area contributed by atoms with Gasteiger partial charge in [0.25, 0.3) is 5.91 Å². The third-order valence-electron chi connectivity index (χ3n) is 3.51. The van der Waals surface area contributed by atoms with Gasteiger partial charge in [0.15, 0.2) is 0 Å². The molecule has 1 aliphatic heterocycles. The SMILES string of the molecule is O=C(Nc1cccc(Cl)c1)c1sccc1S(=O)(=O)N1CCOCC1. The molecule has 1 aromatic heterocycles. The number of benzene rings is 1. The Balaban J connectivity index is 1.85. The molecule has 1 aromatic carbocycles. The predicted octanol–water partition coefficient (Wildman–Crippen LogP) is 2.67. The van der Waals surface area contributed by atoms with E-state index in [-0.39, 0.29) is 22.9 Å². The lowest BCUT2D eigenvalue weighted by Gasteiger charge is -2.26. The number of morpholine rings is 1. The van der Waals surface area contributed by atoms with Crippen LogP contribution >= 0.6 is 22.9 Å². The zero-order valence-electron chi connectivity index (χ0n) is 12.6. The fourth-order valence-electron chi connectivity index (χ4n) is 2.35. The summed E-state index contributed by atoms with van der Waals surface area (Å²) in [7, 11) is -3.72. The summed E-state index contributed by atoms with van der Waals surface area (Å²) in [5.41, 5.74) is 0.510. The average Bonchev–Trinajstić information content (AvgIpc) is 3.06. The summed E-state index contributed by atoms with van der Waals surface area (Å²) < 4.78 is 32.0. The number of nitrogens with one attached hydrogen (secondary N) is 1. The number of ether oxygens (including phenoxy) is 1. The fourth-order valence-corrected chi connectivity index (χ4v) is 5.24. The first-order valence-corrected chi connectivity index (χ1v) is 9.90. The first kappa shape index (κ1) is 17.4. The molecule has 24 heavy (non-hydrogen) atoms. The summed E-state index contributed by atoms with van der Waals surface area (Å²) in [6.45, 7) is 1.28. The average molecular weight is 387 g/mol. The van der Waals surface area contributed by atoms with Crippen LogP contribution in [0.5, 0.6) is 0 Å². The molecule has 0 radical (unpaired) electrons. The molecule has 0 saturated carbocycles. The van der Waals surface area contributed by atoms with Crippen molar-refractivity contribution >= 4 is 44.6 Å². The predicted molar refractivity (Wildman–Crippen MR) is 93.3 cm³/mol. The van der Waals surface area contributed by atoms with Crippen LogP contribution in [-0.2, 0) is 14.8 Å². The van der Waals surface area contributed by atoms with Crippen LogP contribution in [0, 0.1) is 0 Å². The van der Waals surface area contributed by atoms with Gasteiger partial charge in [0.2, 0.25) is 10.0 Å². The van der Waals surface area contributed by atoms with E-state index >= 15 is 0 Å². The van der Waals surface area contributed by atoms with E-state index in [1.54, 1.807) is 29.6 Å². The van der Waals surface area contributed by atoms with Crippen LogP contribution in [0.4, 0.5) is 5.69 Å². The molecule has 3 rings (SSSR count). The van der Waals surface area contributed by atoms with Crippen molar-refractivity contribution in [2.45, 2.75) is 4.90 Å². The molecular formula is C15H15ClN2O4S2. The molecule has 1 saturated heterocycles. The summed E-state index contributed by atoms with van der Waals surface area (Å²) in [5.74, 6) is -0.473. The van der Waals surface area contributed by atoms with Gasteiger partial charge in [0.1, 0.15) is 9.77 Å². The first-order chi connectivity index (χ1) is 11.5. The first-order valence-electron chi connectivity index (χ1n) is 7.21. The molecule has 0 bridgehead atoms. The topological polar surface area (TPSA) is 75.7 Å². The highest BCUT2D eigenvalue weighted by molar-refractivity contribution is 7.89. The Morgan fingerprint density at radius 1 is 1.25 bits per heavy atom. The number of halogens is 1. The Morgan fingerprint density at radius 3 is 2.71 bits per heavy atom. The van der Waals surface area contributed by atoms with Crippen LogP contribution in [0.2, 0.25) is 5.02 Å². The van der Waals surface area contributed by atoms with E-state index < -0.39 is 15.9 Å².